The zero-order chi connectivity index (χ0) is 14.1. The number of carbonyl (C=O) groups is 1. The number of carboxylic acid groups (broad SMARTS) is 1. The first-order valence-corrected chi connectivity index (χ1v) is 7.73. The van der Waals surface area contributed by atoms with E-state index < -0.39 is 5.97 Å². The molecule has 0 amide bonds. The Morgan fingerprint density at radius 3 is 2.95 bits per heavy atom. The van der Waals surface area contributed by atoms with Crippen LogP contribution in [0.25, 0.3) is 0 Å². The van der Waals surface area contributed by atoms with Crippen molar-refractivity contribution in [3.8, 4) is 0 Å². The summed E-state index contributed by atoms with van der Waals surface area (Å²) in [5.41, 5.74) is 2.77. The van der Waals surface area contributed by atoms with Gasteiger partial charge in [0.1, 0.15) is 0 Å². The molecule has 0 radical (unpaired) electrons. The highest BCUT2D eigenvalue weighted by atomic mass is 16.4. The van der Waals surface area contributed by atoms with Crippen LogP contribution >= 0.6 is 0 Å². The van der Waals surface area contributed by atoms with Gasteiger partial charge in [0, 0.05) is 19.1 Å². The molecule has 0 aromatic heterocycles. The van der Waals surface area contributed by atoms with Crippen molar-refractivity contribution in [2.45, 2.75) is 51.6 Å². The second-order valence-corrected chi connectivity index (χ2v) is 6.39. The Morgan fingerprint density at radius 2 is 2.20 bits per heavy atom. The quantitative estimate of drug-likeness (QED) is 0.898. The molecule has 0 bridgehead atoms. The predicted molar refractivity (Wildman–Crippen MR) is 78.9 cm³/mol. The number of benzene rings is 1. The van der Waals surface area contributed by atoms with Crippen molar-refractivity contribution >= 4 is 5.97 Å². The van der Waals surface area contributed by atoms with E-state index in [1.165, 1.54) is 31.2 Å². The van der Waals surface area contributed by atoms with Gasteiger partial charge in [0.15, 0.2) is 0 Å². The molecule has 108 valence electrons. The van der Waals surface area contributed by atoms with E-state index in [9.17, 15) is 9.90 Å². The number of hydrogen-bond acceptors (Lipinski definition) is 2. The van der Waals surface area contributed by atoms with Gasteiger partial charge in [0.25, 0.3) is 0 Å². The molecule has 1 N–H and O–H groups in total. The highest BCUT2D eigenvalue weighted by Crippen LogP contribution is 2.31. The van der Waals surface area contributed by atoms with Crippen molar-refractivity contribution in [2.24, 2.45) is 5.92 Å². The fourth-order valence-corrected chi connectivity index (χ4v) is 3.88. The molecule has 1 aromatic carbocycles. The summed E-state index contributed by atoms with van der Waals surface area (Å²) in [7, 11) is 0. The fourth-order valence-electron chi connectivity index (χ4n) is 3.88. The maximum Gasteiger partial charge on any atom is 0.335 e. The zero-order valence-electron chi connectivity index (χ0n) is 12.1. The lowest BCUT2D eigenvalue weighted by Crippen LogP contribution is -2.42. The molecule has 0 spiro atoms. The third-order valence-electron chi connectivity index (χ3n) is 4.95. The minimum atomic E-state index is -0.790. The van der Waals surface area contributed by atoms with Crippen LogP contribution in [-0.4, -0.2) is 28.6 Å². The van der Waals surface area contributed by atoms with E-state index in [1.807, 2.05) is 6.07 Å². The second kappa shape index (κ2) is 5.57. The van der Waals surface area contributed by atoms with E-state index in [1.54, 1.807) is 6.07 Å². The molecule has 3 heteroatoms. The molecule has 2 atom stereocenters. The average molecular weight is 273 g/mol. The number of carboxylic acids is 1. The number of hydrogen-bond donors (Lipinski definition) is 1. The van der Waals surface area contributed by atoms with Gasteiger partial charge in [-0.3, -0.25) is 4.90 Å². The van der Waals surface area contributed by atoms with E-state index in [-0.39, 0.29) is 0 Å². The third kappa shape index (κ3) is 2.59. The van der Waals surface area contributed by atoms with Crippen LogP contribution < -0.4 is 0 Å². The van der Waals surface area contributed by atoms with Crippen LogP contribution in [0.3, 0.4) is 0 Å². The molecule has 1 saturated carbocycles. The van der Waals surface area contributed by atoms with Crippen LogP contribution in [0.2, 0.25) is 0 Å². The minimum absolute atomic E-state index is 0.499. The van der Waals surface area contributed by atoms with Crippen LogP contribution in [0.4, 0.5) is 0 Å². The van der Waals surface area contributed by atoms with Gasteiger partial charge in [-0.15, -0.1) is 0 Å². The van der Waals surface area contributed by atoms with Gasteiger partial charge in [-0.25, -0.2) is 4.79 Å². The van der Waals surface area contributed by atoms with Gasteiger partial charge in [-0.2, -0.15) is 0 Å². The maximum absolute atomic E-state index is 11.3. The molecular weight excluding hydrogens is 250 g/mol. The molecule has 1 fully saturated rings. The Hall–Kier alpha value is -1.35. The highest BCUT2D eigenvalue weighted by molar-refractivity contribution is 5.89. The molecule has 1 heterocycles. The summed E-state index contributed by atoms with van der Waals surface area (Å²) < 4.78 is 0. The summed E-state index contributed by atoms with van der Waals surface area (Å²) >= 11 is 0. The lowest BCUT2D eigenvalue weighted by atomic mass is 9.84. The Morgan fingerprint density at radius 1 is 1.35 bits per heavy atom. The Labute approximate surface area is 120 Å². The van der Waals surface area contributed by atoms with Crippen LogP contribution in [0, 0.1) is 5.92 Å². The molecular formula is C17H23NO2. The largest absolute Gasteiger partial charge is 0.478 e. The zero-order valence-corrected chi connectivity index (χ0v) is 12.1. The lowest BCUT2D eigenvalue weighted by Gasteiger charge is -2.39. The van der Waals surface area contributed by atoms with Crippen LogP contribution in [0.1, 0.15) is 54.1 Å². The fraction of sp³-hybridized carbons (Fsp3) is 0.588. The molecule has 1 aliphatic carbocycles. The smallest absolute Gasteiger partial charge is 0.335 e. The van der Waals surface area contributed by atoms with Crippen molar-refractivity contribution < 1.29 is 9.90 Å². The summed E-state index contributed by atoms with van der Waals surface area (Å²) in [4.78, 5) is 13.9. The molecule has 1 aromatic rings. The van der Waals surface area contributed by atoms with Gasteiger partial charge >= 0.3 is 5.97 Å². The molecule has 2 unspecified atom stereocenters. The van der Waals surface area contributed by atoms with Crippen LogP contribution in [0.15, 0.2) is 18.2 Å². The second-order valence-electron chi connectivity index (χ2n) is 6.39. The molecule has 2 aliphatic rings. The normalized spacial score (nSPS) is 27.1. The summed E-state index contributed by atoms with van der Waals surface area (Å²) in [6.45, 7) is 4.29. The maximum atomic E-state index is 11.3. The summed E-state index contributed by atoms with van der Waals surface area (Å²) in [5, 5.41) is 9.28. The first-order chi connectivity index (χ1) is 9.65. The molecule has 20 heavy (non-hydrogen) atoms. The molecule has 3 nitrogen and oxygen atoms in total. The minimum Gasteiger partial charge on any atom is -0.478 e. The average Bonchev–Trinajstić information content (AvgIpc) is 2.46. The van der Waals surface area contributed by atoms with Gasteiger partial charge in [-0.1, -0.05) is 31.9 Å². The highest BCUT2D eigenvalue weighted by Gasteiger charge is 2.28. The van der Waals surface area contributed by atoms with E-state index in [2.05, 4.69) is 17.9 Å². The first-order valence-electron chi connectivity index (χ1n) is 7.73. The standard InChI is InChI=1S/C17H23NO2/c1-12-4-2-6-14(10-12)18-9-8-15-13(11-18)5-3-7-16(15)17(19)20/h3,5,7,12,14H,2,4,6,8-11H2,1H3,(H,19,20). The third-order valence-corrected chi connectivity index (χ3v) is 4.95. The lowest BCUT2D eigenvalue weighted by molar-refractivity contribution is 0.0693. The number of aromatic carboxylic acids is 1. The first kappa shape index (κ1) is 13.6. The van der Waals surface area contributed by atoms with Crippen LogP contribution in [-0.2, 0) is 13.0 Å². The van der Waals surface area contributed by atoms with Crippen molar-refractivity contribution in [2.75, 3.05) is 6.54 Å². The van der Waals surface area contributed by atoms with Gasteiger partial charge in [0.05, 0.1) is 5.56 Å². The van der Waals surface area contributed by atoms with Gasteiger partial charge in [-0.05, 0) is 42.4 Å². The Kier molecular flexibility index (Phi) is 3.79. The predicted octanol–water partition coefficient (Wildman–Crippen LogP) is 3.32. The molecule has 0 saturated heterocycles. The molecule has 3 rings (SSSR count). The summed E-state index contributed by atoms with van der Waals surface area (Å²) in [6.07, 6.45) is 6.18. The topological polar surface area (TPSA) is 40.5 Å². The summed E-state index contributed by atoms with van der Waals surface area (Å²) in [5.74, 6) is 0.0436. The number of nitrogens with zero attached hydrogens (tertiary/aromatic N) is 1. The van der Waals surface area contributed by atoms with E-state index in [0.717, 1.165) is 31.0 Å². The van der Waals surface area contributed by atoms with E-state index in [0.29, 0.717) is 11.6 Å². The molecule has 1 aliphatic heterocycles. The van der Waals surface area contributed by atoms with Crippen molar-refractivity contribution in [1.29, 1.82) is 0 Å². The monoisotopic (exact) mass is 273 g/mol. The van der Waals surface area contributed by atoms with Gasteiger partial charge in [0.2, 0.25) is 0 Å². The van der Waals surface area contributed by atoms with Crippen molar-refractivity contribution in [1.82, 2.24) is 4.90 Å². The SMILES string of the molecule is CC1CCCC(N2CCc3c(cccc3C(=O)O)C2)C1. The van der Waals surface area contributed by atoms with E-state index >= 15 is 0 Å². The Bertz CT molecular complexity index is 512. The number of fused-ring (bicyclic) bond motifs is 1. The Balaban J connectivity index is 1.78. The summed E-state index contributed by atoms with van der Waals surface area (Å²) in [6, 6.07) is 6.41. The van der Waals surface area contributed by atoms with Crippen LogP contribution in [0.5, 0.6) is 0 Å². The van der Waals surface area contributed by atoms with E-state index in [4.69, 9.17) is 0 Å². The van der Waals surface area contributed by atoms with Crippen molar-refractivity contribution in [3.05, 3.63) is 34.9 Å². The van der Waals surface area contributed by atoms with Crippen molar-refractivity contribution in [3.63, 3.8) is 0 Å². The van der Waals surface area contributed by atoms with Gasteiger partial charge < -0.3 is 5.11 Å². The number of rotatable bonds is 2.